The number of rotatable bonds is 1. The van der Waals surface area contributed by atoms with E-state index in [0.717, 1.165) is 4.57 Å². The number of fused-ring (bicyclic) bond motifs is 2. The van der Waals surface area contributed by atoms with Crippen molar-refractivity contribution in [1.82, 2.24) is 14.1 Å². The number of hydrogen-bond acceptors (Lipinski definition) is 4. The van der Waals surface area contributed by atoms with Gasteiger partial charge in [-0.05, 0) is 12.1 Å². The van der Waals surface area contributed by atoms with E-state index in [4.69, 9.17) is 16.3 Å². The Balaban J connectivity index is 2.63. The Morgan fingerprint density at radius 3 is 2.57 bits per heavy atom. The molecule has 0 saturated carbocycles. The van der Waals surface area contributed by atoms with Crippen molar-refractivity contribution in [2.45, 2.75) is 0 Å². The van der Waals surface area contributed by atoms with Crippen LogP contribution in [0.15, 0.2) is 27.8 Å². The maximum absolute atomic E-state index is 12.3. The molecule has 0 spiro atoms. The van der Waals surface area contributed by atoms with Gasteiger partial charge in [-0.15, -0.1) is 0 Å². The number of aromatic nitrogens is 3. The number of hydrogen-bond donors (Lipinski definition) is 0. The first-order valence-electron chi connectivity index (χ1n) is 6.18. The molecular formula is C14H12ClN3O3. The van der Waals surface area contributed by atoms with Crippen LogP contribution in [0.3, 0.4) is 0 Å². The van der Waals surface area contributed by atoms with Gasteiger partial charge in [0.05, 0.1) is 17.6 Å². The van der Waals surface area contributed by atoms with E-state index in [1.54, 1.807) is 32.4 Å². The van der Waals surface area contributed by atoms with Crippen molar-refractivity contribution in [2.24, 2.45) is 14.1 Å². The summed E-state index contributed by atoms with van der Waals surface area (Å²) in [5.41, 5.74) is -0.0782. The van der Waals surface area contributed by atoms with Crippen LogP contribution in [0.25, 0.3) is 21.9 Å². The third-order valence-electron chi connectivity index (χ3n) is 3.52. The highest BCUT2D eigenvalue weighted by Gasteiger charge is 2.16. The summed E-state index contributed by atoms with van der Waals surface area (Å²) < 4.78 is 7.48. The average molecular weight is 306 g/mol. The van der Waals surface area contributed by atoms with Gasteiger partial charge in [0.25, 0.3) is 5.56 Å². The summed E-state index contributed by atoms with van der Waals surface area (Å²) in [5, 5.41) is 1.16. The number of benzene rings is 1. The number of aryl methyl sites for hydroxylation is 1. The summed E-state index contributed by atoms with van der Waals surface area (Å²) in [6.45, 7) is 0. The van der Waals surface area contributed by atoms with Crippen molar-refractivity contribution >= 4 is 33.5 Å². The molecule has 0 aliphatic heterocycles. The molecular weight excluding hydrogens is 294 g/mol. The molecule has 3 aromatic rings. The van der Waals surface area contributed by atoms with Crippen LogP contribution in [-0.4, -0.2) is 21.2 Å². The molecule has 7 heteroatoms. The van der Waals surface area contributed by atoms with Gasteiger partial charge in [-0.1, -0.05) is 11.6 Å². The molecule has 0 unspecified atom stereocenters. The highest BCUT2D eigenvalue weighted by molar-refractivity contribution is 6.40. The van der Waals surface area contributed by atoms with Crippen LogP contribution < -0.4 is 16.0 Å². The molecule has 3 rings (SSSR count). The number of methoxy groups -OCH3 is 1. The summed E-state index contributed by atoms with van der Waals surface area (Å²) in [7, 11) is 4.52. The van der Waals surface area contributed by atoms with Crippen molar-refractivity contribution in [1.29, 1.82) is 0 Å². The molecule has 0 aliphatic rings. The minimum atomic E-state index is -0.455. The zero-order valence-electron chi connectivity index (χ0n) is 11.7. The lowest BCUT2D eigenvalue weighted by atomic mass is 10.1. The van der Waals surface area contributed by atoms with E-state index in [2.05, 4.69) is 4.98 Å². The number of halogens is 1. The molecule has 0 saturated heterocycles. The quantitative estimate of drug-likeness (QED) is 0.638. The zero-order chi connectivity index (χ0) is 15.3. The predicted octanol–water partition coefficient (Wildman–Crippen LogP) is 1.45. The lowest BCUT2D eigenvalue weighted by Crippen LogP contribution is -2.37. The van der Waals surface area contributed by atoms with Gasteiger partial charge in [0.2, 0.25) is 0 Å². The highest BCUT2D eigenvalue weighted by atomic mass is 35.5. The third kappa shape index (κ3) is 1.83. The molecule has 0 aliphatic carbocycles. The van der Waals surface area contributed by atoms with Crippen molar-refractivity contribution in [3.05, 3.63) is 44.1 Å². The third-order valence-corrected chi connectivity index (χ3v) is 3.91. The van der Waals surface area contributed by atoms with E-state index >= 15 is 0 Å². The zero-order valence-corrected chi connectivity index (χ0v) is 12.4. The van der Waals surface area contributed by atoms with Gasteiger partial charge in [-0.25, -0.2) is 9.78 Å². The highest BCUT2D eigenvalue weighted by Crippen LogP contribution is 2.29. The molecule has 2 aromatic heterocycles. The lowest BCUT2D eigenvalue weighted by Gasteiger charge is -2.10. The Morgan fingerprint density at radius 1 is 1.19 bits per heavy atom. The average Bonchev–Trinajstić information content (AvgIpc) is 2.50. The predicted molar refractivity (Wildman–Crippen MR) is 81.3 cm³/mol. The van der Waals surface area contributed by atoms with Gasteiger partial charge in [-0.2, -0.15) is 0 Å². The lowest BCUT2D eigenvalue weighted by molar-refractivity contribution is 0.415. The fourth-order valence-electron chi connectivity index (χ4n) is 2.32. The SMILES string of the molecule is COc1ccc2c(Cl)c3c(=O)n(C)c(=O)n(C)c3nc2c1. The van der Waals surface area contributed by atoms with Gasteiger partial charge in [0.1, 0.15) is 11.1 Å². The molecule has 21 heavy (non-hydrogen) atoms. The molecule has 0 amide bonds. The number of pyridine rings is 1. The summed E-state index contributed by atoms with van der Waals surface area (Å²) in [4.78, 5) is 28.7. The van der Waals surface area contributed by atoms with Crippen molar-refractivity contribution in [3.8, 4) is 5.75 Å². The second-order valence-corrected chi connectivity index (χ2v) is 5.09. The molecule has 0 atom stereocenters. The first-order chi connectivity index (χ1) is 9.95. The maximum Gasteiger partial charge on any atom is 0.332 e. The maximum atomic E-state index is 12.3. The van der Waals surface area contributed by atoms with Crippen molar-refractivity contribution < 1.29 is 4.74 Å². The standard InChI is InChI=1S/C14H12ClN3O3/c1-17-12-10(13(19)18(2)14(17)20)11(15)8-5-4-7(21-3)6-9(8)16-12/h4-6H,1-3H3. The van der Waals surface area contributed by atoms with E-state index in [1.165, 1.54) is 11.6 Å². The van der Waals surface area contributed by atoms with Crippen molar-refractivity contribution in [3.63, 3.8) is 0 Å². The van der Waals surface area contributed by atoms with Crippen LogP contribution in [0, 0.1) is 0 Å². The Kier molecular flexibility index (Phi) is 2.98. The van der Waals surface area contributed by atoms with E-state index in [9.17, 15) is 9.59 Å². The number of ether oxygens (including phenoxy) is 1. The second-order valence-electron chi connectivity index (χ2n) is 4.71. The van der Waals surface area contributed by atoms with Gasteiger partial charge >= 0.3 is 5.69 Å². The van der Waals surface area contributed by atoms with Crippen LogP contribution in [0.5, 0.6) is 5.75 Å². The summed E-state index contributed by atoms with van der Waals surface area (Å²) in [6.07, 6.45) is 0. The molecule has 2 heterocycles. The summed E-state index contributed by atoms with van der Waals surface area (Å²) in [6, 6.07) is 5.20. The van der Waals surface area contributed by atoms with Gasteiger partial charge in [0.15, 0.2) is 5.65 Å². The molecule has 108 valence electrons. The summed E-state index contributed by atoms with van der Waals surface area (Å²) >= 11 is 6.36. The fourth-order valence-corrected chi connectivity index (χ4v) is 2.65. The van der Waals surface area contributed by atoms with Gasteiger partial charge < -0.3 is 4.74 Å². The van der Waals surface area contributed by atoms with Crippen LogP contribution in [0.2, 0.25) is 5.02 Å². The minimum Gasteiger partial charge on any atom is -0.497 e. The molecule has 1 aromatic carbocycles. The van der Waals surface area contributed by atoms with Gasteiger partial charge in [0, 0.05) is 25.5 Å². The van der Waals surface area contributed by atoms with E-state index in [-0.39, 0.29) is 16.1 Å². The Labute approximate surface area is 124 Å². The fraction of sp³-hybridized carbons (Fsp3) is 0.214. The second kappa shape index (κ2) is 4.60. The molecule has 0 radical (unpaired) electrons. The molecule has 0 fully saturated rings. The monoisotopic (exact) mass is 305 g/mol. The van der Waals surface area contributed by atoms with E-state index < -0.39 is 11.2 Å². The normalized spacial score (nSPS) is 11.2. The van der Waals surface area contributed by atoms with Crippen molar-refractivity contribution in [2.75, 3.05) is 7.11 Å². The Bertz CT molecular complexity index is 1000. The molecule has 6 nitrogen and oxygen atoms in total. The topological polar surface area (TPSA) is 66.1 Å². The summed E-state index contributed by atoms with van der Waals surface area (Å²) in [5.74, 6) is 0.624. The smallest absolute Gasteiger partial charge is 0.332 e. The first-order valence-corrected chi connectivity index (χ1v) is 6.56. The van der Waals surface area contributed by atoms with E-state index in [0.29, 0.717) is 16.7 Å². The van der Waals surface area contributed by atoms with Gasteiger partial charge in [-0.3, -0.25) is 13.9 Å². The minimum absolute atomic E-state index is 0.235. The van der Waals surface area contributed by atoms with Crippen LogP contribution in [-0.2, 0) is 14.1 Å². The van der Waals surface area contributed by atoms with E-state index in [1.807, 2.05) is 0 Å². The Hall–Kier alpha value is -2.34. The largest absolute Gasteiger partial charge is 0.497 e. The van der Waals surface area contributed by atoms with Crippen LogP contribution in [0.1, 0.15) is 0 Å². The molecule has 0 bridgehead atoms. The van der Waals surface area contributed by atoms with Crippen LogP contribution >= 0.6 is 11.6 Å². The van der Waals surface area contributed by atoms with Crippen LogP contribution in [0.4, 0.5) is 0 Å². The molecule has 0 N–H and O–H groups in total. The Morgan fingerprint density at radius 2 is 1.90 bits per heavy atom. The number of nitrogens with zero attached hydrogens (tertiary/aromatic N) is 3. The first kappa shape index (κ1) is 13.6.